The van der Waals surface area contributed by atoms with Crippen LogP contribution in [-0.4, -0.2) is 47.3 Å². The number of hydrogen-bond acceptors (Lipinski definition) is 5. The second kappa shape index (κ2) is 9.25. The van der Waals surface area contributed by atoms with Gasteiger partial charge < -0.3 is 4.90 Å². The van der Waals surface area contributed by atoms with E-state index in [1.165, 1.54) is 11.8 Å². The Hall–Kier alpha value is -3.13. The average molecular weight is 478 g/mol. The number of aromatic nitrogens is 4. The van der Waals surface area contributed by atoms with E-state index in [2.05, 4.69) is 10.2 Å². The summed E-state index contributed by atoms with van der Waals surface area (Å²) in [4.78, 5) is 28.8. The fourth-order valence-electron chi connectivity index (χ4n) is 4.64. The molecule has 0 fully saturated rings. The van der Waals surface area contributed by atoms with E-state index in [0.29, 0.717) is 16.3 Å². The van der Waals surface area contributed by atoms with Crippen LogP contribution in [-0.2, 0) is 4.79 Å². The van der Waals surface area contributed by atoms with Gasteiger partial charge in [-0.1, -0.05) is 42.1 Å². The first-order valence-corrected chi connectivity index (χ1v) is 12.5. The number of hydrogen-bond donors (Lipinski definition) is 0. The van der Waals surface area contributed by atoms with Crippen molar-refractivity contribution in [3.8, 4) is 5.69 Å². The van der Waals surface area contributed by atoms with Gasteiger partial charge in [0.2, 0.25) is 11.7 Å². The Labute approximate surface area is 203 Å². The van der Waals surface area contributed by atoms with Gasteiger partial charge in [-0.25, -0.2) is 4.57 Å². The SMILES string of the molecule is Cc1cccc(C)c1-n1c(=O)c2ccccc2n2c(SC(C)C(=O)N(C(C)C)C(C)C)nnc12. The van der Waals surface area contributed by atoms with Crippen LogP contribution in [0.25, 0.3) is 22.4 Å². The summed E-state index contributed by atoms with van der Waals surface area (Å²) in [6, 6.07) is 13.6. The number of carbonyl (C=O) groups excluding carboxylic acids is 1. The topological polar surface area (TPSA) is 72.5 Å². The number of thioether (sulfide) groups is 1. The van der Waals surface area contributed by atoms with Crippen LogP contribution in [0.2, 0.25) is 0 Å². The average Bonchev–Trinajstić information content (AvgIpc) is 3.18. The molecule has 34 heavy (non-hydrogen) atoms. The summed E-state index contributed by atoms with van der Waals surface area (Å²) in [5.41, 5.74) is 3.34. The van der Waals surface area contributed by atoms with Crippen LogP contribution < -0.4 is 5.56 Å². The molecule has 0 N–H and O–H groups in total. The lowest BCUT2D eigenvalue weighted by molar-refractivity contribution is -0.133. The molecule has 1 atom stereocenters. The van der Waals surface area contributed by atoms with Gasteiger partial charge in [-0.2, -0.15) is 0 Å². The van der Waals surface area contributed by atoms with E-state index >= 15 is 0 Å². The van der Waals surface area contributed by atoms with Gasteiger partial charge in [0, 0.05) is 12.1 Å². The molecule has 178 valence electrons. The molecule has 2 aromatic carbocycles. The molecule has 1 amide bonds. The predicted molar refractivity (Wildman–Crippen MR) is 138 cm³/mol. The van der Waals surface area contributed by atoms with Crippen molar-refractivity contribution in [2.24, 2.45) is 0 Å². The van der Waals surface area contributed by atoms with Crippen molar-refractivity contribution in [3.63, 3.8) is 0 Å². The highest BCUT2D eigenvalue weighted by molar-refractivity contribution is 8.00. The third kappa shape index (κ3) is 4.00. The van der Waals surface area contributed by atoms with Gasteiger partial charge in [0.25, 0.3) is 5.56 Å². The first-order chi connectivity index (χ1) is 16.1. The number of benzene rings is 2. The summed E-state index contributed by atoms with van der Waals surface area (Å²) in [5, 5.41) is 9.69. The predicted octanol–water partition coefficient (Wildman–Crippen LogP) is 4.78. The lowest BCUT2D eigenvalue weighted by Gasteiger charge is -2.32. The minimum Gasteiger partial charge on any atom is -0.337 e. The Balaban J connectivity index is 1.93. The molecule has 0 aliphatic rings. The Bertz CT molecular complexity index is 1410. The van der Waals surface area contributed by atoms with Crippen LogP contribution in [0.4, 0.5) is 0 Å². The van der Waals surface area contributed by atoms with Crippen molar-refractivity contribution in [1.82, 2.24) is 24.1 Å². The van der Waals surface area contributed by atoms with Gasteiger partial charge >= 0.3 is 0 Å². The maximum Gasteiger partial charge on any atom is 0.267 e. The van der Waals surface area contributed by atoms with E-state index in [4.69, 9.17) is 0 Å². The van der Waals surface area contributed by atoms with Gasteiger partial charge in [0.15, 0.2) is 5.16 Å². The molecule has 4 aromatic rings. The number of aryl methyl sites for hydroxylation is 2. The molecule has 0 aliphatic heterocycles. The second-order valence-electron chi connectivity index (χ2n) is 9.21. The van der Waals surface area contributed by atoms with Crippen LogP contribution in [0.3, 0.4) is 0 Å². The molecule has 0 spiro atoms. The number of rotatable bonds is 6. The first kappa shape index (κ1) is 24.0. The van der Waals surface area contributed by atoms with Gasteiger partial charge in [0.05, 0.1) is 21.8 Å². The van der Waals surface area contributed by atoms with Gasteiger partial charge in [-0.15, -0.1) is 10.2 Å². The van der Waals surface area contributed by atoms with E-state index in [1.54, 1.807) is 4.57 Å². The molecule has 4 rings (SSSR count). The van der Waals surface area contributed by atoms with Gasteiger partial charge in [-0.3, -0.25) is 14.0 Å². The van der Waals surface area contributed by atoms with Crippen molar-refractivity contribution >= 4 is 34.3 Å². The van der Waals surface area contributed by atoms with Crippen molar-refractivity contribution < 1.29 is 4.79 Å². The van der Waals surface area contributed by atoms with Crippen LogP contribution >= 0.6 is 11.8 Å². The number of carbonyl (C=O) groups is 1. The highest BCUT2D eigenvalue weighted by atomic mass is 32.2. The summed E-state index contributed by atoms with van der Waals surface area (Å²) in [7, 11) is 0. The summed E-state index contributed by atoms with van der Waals surface area (Å²) < 4.78 is 3.54. The Morgan fingerprint density at radius 3 is 2.15 bits per heavy atom. The second-order valence-corrected chi connectivity index (χ2v) is 10.5. The molecule has 8 heteroatoms. The van der Waals surface area contributed by atoms with Gasteiger partial charge in [0.1, 0.15) is 0 Å². The van der Waals surface area contributed by atoms with E-state index in [1.807, 2.05) is 100 Å². The normalized spacial score (nSPS) is 12.7. The zero-order valence-electron chi connectivity index (χ0n) is 20.7. The molecule has 0 bridgehead atoms. The molecule has 1 unspecified atom stereocenters. The number of fused-ring (bicyclic) bond motifs is 3. The van der Waals surface area contributed by atoms with Gasteiger partial charge in [-0.05, 0) is 71.7 Å². The lowest BCUT2D eigenvalue weighted by atomic mass is 10.1. The van der Waals surface area contributed by atoms with E-state index in [-0.39, 0.29) is 28.8 Å². The quantitative estimate of drug-likeness (QED) is 0.374. The Kier molecular flexibility index (Phi) is 6.53. The molecule has 0 aliphatic carbocycles. The highest BCUT2D eigenvalue weighted by Crippen LogP contribution is 2.29. The van der Waals surface area contributed by atoms with E-state index < -0.39 is 0 Å². The molecule has 0 radical (unpaired) electrons. The summed E-state index contributed by atoms with van der Waals surface area (Å²) in [6.45, 7) is 14.0. The summed E-state index contributed by atoms with van der Waals surface area (Å²) in [6.07, 6.45) is 0. The molecule has 0 saturated carbocycles. The van der Waals surface area contributed by atoms with Crippen LogP contribution in [0, 0.1) is 13.8 Å². The Morgan fingerprint density at radius 2 is 1.53 bits per heavy atom. The fraction of sp³-hybridized carbons (Fsp3) is 0.385. The number of amides is 1. The maximum absolute atomic E-state index is 13.6. The van der Waals surface area contributed by atoms with Crippen LogP contribution in [0.5, 0.6) is 0 Å². The zero-order valence-corrected chi connectivity index (χ0v) is 21.6. The minimum atomic E-state index is -0.364. The van der Waals surface area contributed by atoms with Crippen molar-refractivity contribution in [2.45, 2.75) is 71.0 Å². The first-order valence-electron chi connectivity index (χ1n) is 11.6. The van der Waals surface area contributed by atoms with E-state index in [9.17, 15) is 9.59 Å². The monoisotopic (exact) mass is 477 g/mol. The molecular formula is C26H31N5O2S. The highest BCUT2D eigenvalue weighted by Gasteiger charge is 2.28. The third-order valence-electron chi connectivity index (χ3n) is 6.05. The minimum absolute atomic E-state index is 0.0547. The standard InChI is InChI=1S/C26H31N5O2S/c1-15(2)29(16(3)4)23(32)19(7)34-26-28-27-25-30(26)21-14-9-8-13-20(21)24(33)31(25)22-17(5)11-10-12-18(22)6/h8-16,19H,1-7H3. The fourth-order valence-corrected chi connectivity index (χ4v) is 5.55. The van der Waals surface area contributed by atoms with Crippen molar-refractivity contribution in [3.05, 3.63) is 63.9 Å². The van der Waals surface area contributed by atoms with E-state index in [0.717, 1.165) is 22.3 Å². The lowest BCUT2D eigenvalue weighted by Crippen LogP contribution is -2.45. The Morgan fingerprint density at radius 1 is 0.912 bits per heavy atom. The number of nitrogens with zero attached hydrogens (tertiary/aromatic N) is 5. The van der Waals surface area contributed by atoms with Crippen molar-refractivity contribution in [1.29, 1.82) is 0 Å². The van der Waals surface area contributed by atoms with Crippen molar-refractivity contribution in [2.75, 3.05) is 0 Å². The number of para-hydroxylation sites is 2. The third-order valence-corrected chi connectivity index (χ3v) is 7.09. The van der Waals surface area contributed by atoms with Crippen LogP contribution in [0.1, 0.15) is 45.7 Å². The molecule has 2 aromatic heterocycles. The maximum atomic E-state index is 13.6. The molecule has 0 saturated heterocycles. The summed E-state index contributed by atoms with van der Waals surface area (Å²) >= 11 is 1.37. The molecule has 2 heterocycles. The van der Waals surface area contributed by atoms with Crippen LogP contribution in [0.15, 0.2) is 52.4 Å². The zero-order chi connectivity index (χ0) is 24.7. The molecule has 7 nitrogen and oxygen atoms in total. The largest absolute Gasteiger partial charge is 0.337 e. The smallest absolute Gasteiger partial charge is 0.267 e. The summed E-state index contributed by atoms with van der Waals surface area (Å²) in [5.74, 6) is 0.493. The molecular weight excluding hydrogens is 446 g/mol.